The number of carbonyl (C=O) groups excluding carboxylic acids is 1. The van der Waals surface area contributed by atoms with E-state index in [-0.39, 0.29) is 18.1 Å². The molecule has 5 rings (SSSR count). The van der Waals surface area contributed by atoms with Gasteiger partial charge in [-0.1, -0.05) is 84.4 Å². The van der Waals surface area contributed by atoms with Gasteiger partial charge in [0.25, 0.3) is 5.91 Å². The first-order valence-electron chi connectivity index (χ1n) is 13.1. The van der Waals surface area contributed by atoms with Gasteiger partial charge in [0.15, 0.2) is 16.7 Å². The molecule has 0 spiro atoms. The molecule has 4 aromatic carbocycles. The van der Waals surface area contributed by atoms with Crippen LogP contribution in [0.25, 0.3) is 6.08 Å². The number of aliphatic imine (C=N–C) groups is 1. The van der Waals surface area contributed by atoms with E-state index in [4.69, 9.17) is 31.2 Å². The van der Waals surface area contributed by atoms with E-state index in [1.807, 2.05) is 60.7 Å². The van der Waals surface area contributed by atoms with Crippen molar-refractivity contribution in [2.75, 3.05) is 7.11 Å². The molecule has 1 fully saturated rings. The molecule has 0 atom stereocenters. The number of thioether (sulfide) groups is 1. The standard InChI is InChI=1S/C33H27ClN2O5S/c1-40-28-17-25(16-27(34)30(28)41-21-24-12-14-26(15-13-24)32(38)39)18-29-31(37)36(20-23-10-6-3-7-11-23)33(42-29)35-19-22-8-4-2-5-9-22/h2-18H,19-21H2,1H3,(H,38,39)/b29-18+,35-33?. The Hall–Kier alpha value is -4.53. The molecule has 0 aromatic heterocycles. The maximum atomic E-state index is 13.6. The van der Waals surface area contributed by atoms with Crippen LogP contribution in [0.3, 0.4) is 0 Å². The summed E-state index contributed by atoms with van der Waals surface area (Å²) < 4.78 is 11.5. The Bertz CT molecular complexity index is 1640. The molecule has 4 aromatic rings. The van der Waals surface area contributed by atoms with E-state index in [9.17, 15) is 9.59 Å². The maximum Gasteiger partial charge on any atom is 0.335 e. The molecule has 0 bridgehead atoms. The van der Waals surface area contributed by atoms with Crippen LogP contribution in [0.2, 0.25) is 5.02 Å². The Kier molecular flexibility index (Phi) is 9.26. The van der Waals surface area contributed by atoms with Crippen molar-refractivity contribution in [2.24, 2.45) is 4.99 Å². The Labute approximate surface area is 253 Å². The quantitative estimate of drug-likeness (QED) is 0.193. The van der Waals surface area contributed by atoms with Crippen LogP contribution >= 0.6 is 23.4 Å². The zero-order chi connectivity index (χ0) is 29.5. The fourth-order valence-electron chi connectivity index (χ4n) is 4.29. The van der Waals surface area contributed by atoms with Crippen molar-refractivity contribution >= 4 is 46.5 Å². The third-order valence-electron chi connectivity index (χ3n) is 6.44. The average Bonchev–Trinajstić information content (AvgIpc) is 3.29. The van der Waals surface area contributed by atoms with Crippen LogP contribution < -0.4 is 9.47 Å². The van der Waals surface area contributed by atoms with E-state index in [1.54, 1.807) is 35.2 Å². The van der Waals surface area contributed by atoms with Gasteiger partial charge in [-0.3, -0.25) is 14.7 Å². The van der Waals surface area contributed by atoms with Gasteiger partial charge >= 0.3 is 5.97 Å². The summed E-state index contributed by atoms with van der Waals surface area (Å²) in [6.07, 6.45) is 1.78. The highest BCUT2D eigenvalue weighted by Crippen LogP contribution is 2.40. The number of rotatable bonds is 10. The third kappa shape index (κ3) is 7.02. The number of nitrogens with zero attached hydrogens (tertiary/aromatic N) is 2. The summed E-state index contributed by atoms with van der Waals surface area (Å²) in [7, 11) is 1.52. The van der Waals surface area contributed by atoms with Gasteiger partial charge in [-0.15, -0.1) is 0 Å². The van der Waals surface area contributed by atoms with Gasteiger partial charge in [0.2, 0.25) is 0 Å². The molecule has 42 heavy (non-hydrogen) atoms. The van der Waals surface area contributed by atoms with E-state index in [0.717, 1.165) is 16.7 Å². The number of hydrogen-bond donors (Lipinski definition) is 1. The number of methoxy groups -OCH3 is 1. The van der Waals surface area contributed by atoms with Gasteiger partial charge < -0.3 is 14.6 Å². The summed E-state index contributed by atoms with van der Waals surface area (Å²) in [4.78, 5) is 31.7. The minimum atomic E-state index is -0.992. The molecule has 1 heterocycles. The highest BCUT2D eigenvalue weighted by Gasteiger charge is 2.33. The lowest BCUT2D eigenvalue weighted by molar-refractivity contribution is -0.122. The Balaban J connectivity index is 1.38. The summed E-state index contributed by atoms with van der Waals surface area (Å²) in [6, 6.07) is 29.6. The van der Waals surface area contributed by atoms with Crippen LogP contribution in [0.4, 0.5) is 0 Å². The van der Waals surface area contributed by atoms with Gasteiger partial charge in [-0.2, -0.15) is 0 Å². The van der Waals surface area contributed by atoms with E-state index in [2.05, 4.69) is 0 Å². The van der Waals surface area contributed by atoms with Crippen molar-refractivity contribution in [3.63, 3.8) is 0 Å². The van der Waals surface area contributed by atoms with Crippen LogP contribution in [0, 0.1) is 0 Å². The van der Waals surface area contributed by atoms with Crippen LogP contribution in [-0.2, 0) is 24.5 Å². The Morgan fingerprint density at radius 1 is 0.952 bits per heavy atom. The van der Waals surface area contributed by atoms with Gasteiger partial charge in [0.05, 0.1) is 35.7 Å². The van der Waals surface area contributed by atoms with Crippen molar-refractivity contribution in [3.05, 3.63) is 135 Å². The minimum Gasteiger partial charge on any atom is -0.493 e. The summed E-state index contributed by atoms with van der Waals surface area (Å²) in [6.45, 7) is 1.03. The number of hydrogen-bond acceptors (Lipinski definition) is 6. The molecular weight excluding hydrogens is 572 g/mol. The number of aromatic carboxylic acids is 1. The van der Waals surface area contributed by atoms with Crippen LogP contribution in [0.1, 0.15) is 32.6 Å². The minimum absolute atomic E-state index is 0.143. The second-order valence-electron chi connectivity index (χ2n) is 9.40. The van der Waals surface area contributed by atoms with E-state index in [1.165, 1.54) is 31.0 Å². The smallest absolute Gasteiger partial charge is 0.335 e. The Morgan fingerprint density at radius 2 is 1.62 bits per heavy atom. The molecule has 1 amide bonds. The van der Waals surface area contributed by atoms with Crippen molar-refractivity contribution in [1.82, 2.24) is 4.90 Å². The van der Waals surface area contributed by atoms with Crippen molar-refractivity contribution in [1.29, 1.82) is 0 Å². The monoisotopic (exact) mass is 598 g/mol. The zero-order valence-electron chi connectivity index (χ0n) is 22.7. The number of ether oxygens (including phenoxy) is 2. The third-order valence-corrected chi connectivity index (χ3v) is 7.77. The zero-order valence-corrected chi connectivity index (χ0v) is 24.3. The fourth-order valence-corrected chi connectivity index (χ4v) is 5.54. The normalized spacial score (nSPS) is 14.9. The molecule has 212 valence electrons. The lowest BCUT2D eigenvalue weighted by atomic mass is 10.1. The van der Waals surface area contributed by atoms with Gasteiger partial charge in [-0.05, 0) is 64.4 Å². The molecular formula is C33H27ClN2O5S. The lowest BCUT2D eigenvalue weighted by Gasteiger charge is -2.16. The molecule has 9 heteroatoms. The number of halogens is 1. The maximum absolute atomic E-state index is 13.6. The molecule has 0 unspecified atom stereocenters. The van der Waals surface area contributed by atoms with Crippen molar-refractivity contribution < 1.29 is 24.2 Å². The summed E-state index contributed by atoms with van der Waals surface area (Å²) >= 11 is 7.94. The average molecular weight is 599 g/mol. The first-order valence-corrected chi connectivity index (χ1v) is 14.3. The molecule has 1 saturated heterocycles. The van der Waals surface area contributed by atoms with E-state index in [0.29, 0.717) is 45.2 Å². The lowest BCUT2D eigenvalue weighted by Crippen LogP contribution is -2.28. The summed E-state index contributed by atoms with van der Waals surface area (Å²) in [5.74, 6) is -0.375. The number of carboxylic acid groups (broad SMARTS) is 1. The van der Waals surface area contributed by atoms with Crippen LogP contribution in [0.5, 0.6) is 11.5 Å². The molecule has 1 aliphatic rings. The topological polar surface area (TPSA) is 88.4 Å². The van der Waals surface area contributed by atoms with Crippen molar-refractivity contribution in [2.45, 2.75) is 19.7 Å². The van der Waals surface area contributed by atoms with Gasteiger partial charge in [0.1, 0.15) is 6.61 Å². The Morgan fingerprint density at radius 3 is 2.26 bits per heavy atom. The summed E-state index contributed by atoms with van der Waals surface area (Å²) in [5.41, 5.74) is 3.71. The second-order valence-corrected chi connectivity index (χ2v) is 10.8. The number of amides is 1. The highest BCUT2D eigenvalue weighted by molar-refractivity contribution is 8.18. The first kappa shape index (κ1) is 29.0. The molecule has 1 aliphatic heterocycles. The fraction of sp³-hybridized carbons (Fsp3) is 0.121. The summed E-state index contributed by atoms with van der Waals surface area (Å²) in [5, 5.41) is 10.0. The van der Waals surface area contributed by atoms with Gasteiger partial charge in [0, 0.05) is 0 Å². The predicted octanol–water partition coefficient (Wildman–Crippen LogP) is 7.30. The van der Waals surface area contributed by atoms with E-state index >= 15 is 0 Å². The molecule has 1 N–H and O–H groups in total. The molecule has 7 nitrogen and oxygen atoms in total. The van der Waals surface area contributed by atoms with Crippen LogP contribution in [0.15, 0.2) is 107 Å². The number of carboxylic acids is 1. The largest absolute Gasteiger partial charge is 0.493 e. The molecule has 0 radical (unpaired) electrons. The predicted molar refractivity (Wildman–Crippen MR) is 166 cm³/mol. The van der Waals surface area contributed by atoms with Crippen molar-refractivity contribution in [3.8, 4) is 11.5 Å². The number of benzene rings is 4. The van der Waals surface area contributed by atoms with E-state index < -0.39 is 5.97 Å². The van der Waals surface area contributed by atoms with Gasteiger partial charge in [-0.25, -0.2) is 4.79 Å². The highest BCUT2D eigenvalue weighted by atomic mass is 35.5. The number of amidine groups is 1. The van der Waals surface area contributed by atoms with Crippen LogP contribution in [-0.4, -0.2) is 34.2 Å². The molecule has 0 aliphatic carbocycles. The number of carbonyl (C=O) groups is 2. The second kappa shape index (κ2) is 13.4. The SMILES string of the molecule is COc1cc(/C=C2/SC(=NCc3ccccc3)N(Cc3ccccc3)C2=O)cc(Cl)c1OCc1ccc(C(=O)O)cc1. The molecule has 0 saturated carbocycles. The first-order chi connectivity index (χ1) is 20.4.